The molecule has 0 amide bonds. The van der Waals surface area contributed by atoms with Gasteiger partial charge in [-0.25, -0.2) is 8.42 Å². The second-order valence-corrected chi connectivity index (χ2v) is 6.28. The van der Waals surface area contributed by atoms with Gasteiger partial charge in [-0.3, -0.25) is 0 Å². The fourth-order valence-electron chi connectivity index (χ4n) is 0.752. The van der Waals surface area contributed by atoms with Gasteiger partial charge in [-0.2, -0.15) is 11.8 Å². The Hall–Kier alpha value is 0.260. The molecule has 0 fully saturated rings. The molecular weight excluding hydrogens is 194 g/mol. The Morgan fingerprint density at radius 1 is 1.50 bits per heavy atom. The molecule has 0 aromatic carbocycles. The number of hydrogen-bond acceptors (Lipinski definition) is 4. The van der Waals surface area contributed by atoms with Crippen LogP contribution in [0.25, 0.3) is 0 Å². The molecule has 0 heterocycles. The van der Waals surface area contributed by atoms with Crippen LogP contribution < -0.4 is 5.73 Å². The molecule has 0 aliphatic heterocycles. The van der Waals surface area contributed by atoms with Gasteiger partial charge in [0.05, 0.1) is 11.0 Å². The number of rotatable bonds is 6. The molecule has 0 aromatic heterocycles. The number of sulfone groups is 1. The van der Waals surface area contributed by atoms with Crippen LogP contribution in [-0.2, 0) is 9.84 Å². The Labute approximate surface area is 79.0 Å². The highest BCUT2D eigenvalue weighted by Crippen LogP contribution is 2.04. The van der Waals surface area contributed by atoms with Crippen LogP contribution >= 0.6 is 11.8 Å². The number of nitrogens with two attached hydrogens (primary N) is 1. The first-order valence-corrected chi connectivity index (χ1v) is 7.06. The fraction of sp³-hybridized carbons (Fsp3) is 1.00. The van der Waals surface area contributed by atoms with E-state index in [1.165, 1.54) is 0 Å². The van der Waals surface area contributed by atoms with E-state index in [1.807, 2.05) is 6.26 Å². The molecule has 0 bridgehead atoms. The molecule has 3 nitrogen and oxygen atoms in total. The van der Waals surface area contributed by atoms with Crippen molar-refractivity contribution in [2.45, 2.75) is 18.6 Å². The highest BCUT2D eigenvalue weighted by atomic mass is 32.2. The van der Waals surface area contributed by atoms with Crippen molar-refractivity contribution < 1.29 is 8.42 Å². The summed E-state index contributed by atoms with van der Waals surface area (Å²) in [6.07, 6.45) is 2.70. The van der Waals surface area contributed by atoms with E-state index in [2.05, 4.69) is 0 Å². The van der Waals surface area contributed by atoms with E-state index in [4.69, 9.17) is 5.73 Å². The van der Waals surface area contributed by atoms with Crippen LogP contribution in [0.5, 0.6) is 0 Å². The van der Waals surface area contributed by atoms with Gasteiger partial charge in [-0.15, -0.1) is 0 Å². The summed E-state index contributed by atoms with van der Waals surface area (Å²) in [6.45, 7) is 1.88. The summed E-state index contributed by atoms with van der Waals surface area (Å²) < 4.78 is 22.7. The molecule has 1 atom stereocenters. The molecule has 0 saturated heterocycles. The maximum atomic E-state index is 11.3. The zero-order chi connectivity index (χ0) is 9.61. The smallest absolute Gasteiger partial charge is 0.154 e. The van der Waals surface area contributed by atoms with Gasteiger partial charge in [-0.1, -0.05) is 0 Å². The molecule has 5 heteroatoms. The first-order valence-electron chi connectivity index (χ1n) is 3.95. The van der Waals surface area contributed by atoms with Gasteiger partial charge in [0.15, 0.2) is 9.84 Å². The normalized spacial score (nSPS) is 14.6. The Kier molecular flexibility index (Phi) is 5.96. The number of hydrogen-bond donors (Lipinski definition) is 1. The molecule has 0 aliphatic rings. The molecule has 1 unspecified atom stereocenters. The minimum absolute atomic E-state index is 0.224. The molecular formula is C7H17NO2S2. The van der Waals surface area contributed by atoms with Crippen molar-refractivity contribution in [3.05, 3.63) is 0 Å². The predicted molar refractivity (Wildman–Crippen MR) is 55.3 cm³/mol. The average molecular weight is 211 g/mol. The molecule has 0 aliphatic carbocycles. The maximum absolute atomic E-state index is 11.3. The van der Waals surface area contributed by atoms with Gasteiger partial charge in [-0.05, 0) is 25.4 Å². The summed E-state index contributed by atoms with van der Waals surface area (Å²) in [4.78, 5) is 0. The third kappa shape index (κ3) is 4.33. The van der Waals surface area contributed by atoms with Crippen molar-refractivity contribution in [2.75, 3.05) is 24.3 Å². The van der Waals surface area contributed by atoms with Gasteiger partial charge in [0.25, 0.3) is 0 Å². The molecule has 0 aromatic rings. The van der Waals surface area contributed by atoms with E-state index < -0.39 is 9.84 Å². The van der Waals surface area contributed by atoms with Gasteiger partial charge in [0.2, 0.25) is 0 Å². The second-order valence-electron chi connectivity index (χ2n) is 2.76. The van der Waals surface area contributed by atoms with E-state index >= 15 is 0 Å². The van der Waals surface area contributed by atoms with Crippen molar-refractivity contribution in [3.63, 3.8) is 0 Å². The standard InChI is InChI=1S/C7H17NO2S2/c1-7(6-8)12(9,10)5-3-4-11-2/h7H,3-6,8H2,1-2H3. The van der Waals surface area contributed by atoms with Gasteiger partial charge >= 0.3 is 0 Å². The number of thioether (sulfide) groups is 1. The summed E-state index contributed by atoms with van der Waals surface area (Å²) in [7, 11) is -2.92. The van der Waals surface area contributed by atoms with Crippen LogP contribution in [-0.4, -0.2) is 38.0 Å². The van der Waals surface area contributed by atoms with Gasteiger partial charge in [0.1, 0.15) is 0 Å². The topological polar surface area (TPSA) is 60.2 Å². The Bertz CT molecular complexity index is 201. The summed E-state index contributed by atoms with van der Waals surface area (Å²) >= 11 is 1.67. The van der Waals surface area contributed by atoms with E-state index in [0.29, 0.717) is 0 Å². The van der Waals surface area contributed by atoms with E-state index in [1.54, 1.807) is 18.7 Å². The monoisotopic (exact) mass is 211 g/mol. The van der Waals surface area contributed by atoms with Crippen LogP contribution in [0.3, 0.4) is 0 Å². The van der Waals surface area contributed by atoms with Crippen LogP contribution in [0.15, 0.2) is 0 Å². The third-order valence-electron chi connectivity index (χ3n) is 1.72. The summed E-state index contributed by atoms with van der Waals surface area (Å²) in [5, 5.41) is -0.389. The second kappa shape index (κ2) is 5.83. The van der Waals surface area contributed by atoms with E-state index in [-0.39, 0.29) is 17.5 Å². The lowest BCUT2D eigenvalue weighted by Crippen LogP contribution is -2.28. The quantitative estimate of drug-likeness (QED) is 0.650. The summed E-state index contributed by atoms with van der Waals surface area (Å²) in [6, 6.07) is 0. The molecule has 0 rings (SSSR count). The van der Waals surface area contributed by atoms with Crippen molar-refractivity contribution in [2.24, 2.45) is 5.73 Å². The summed E-state index contributed by atoms with van der Waals surface area (Å²) in [5.41, 5.74) is 5.28. The zero-order valence-corrected chi connectivity index (χ0v) is 9.25. The first-order chi connectivity index (χ1) is 5.54. The molecule has 74 valence electrons. The van der Waals surface area contributed by atoms with E-state index in [9.17, 15) is 8.42 Å². The SMILES string of the molecule is CSCCCS(=O)(=O)C(C)CN. The average Bonchev–Trinajstić information content (AvgIpc) is 2.03. The predicted octanol–water partition coefficient (Wildman–Crippen LogP) is 0.501. The molecule has 0 saturated carbocycles. The molecule has 2 N–H and O–H groups in total. The van der Waals surface area contributed by atoms with Gasteiger partial charge < -0.3 is 5.73 Å². The maximum Gasteiger partial charge on any atom is 0.154 e. The highest BCUT2D eigenvalue weighted by molar-refractivity contribution is 7.98. The van der Waals surface area contributed by atoms with Crippen LogP contribution in [0.4, 0.5) is 0 Å². The van der Waals surface area contributed by atoms with Crippen molar-refractivity contribution >= 4 is 21.6 Å². The van der Waals surface area contributed by atoms with Crippen LogP contribution in [0, 0.1) is 0 Å². The van der Waals surface area contributed by atoms with Crippen molar-refractivity contribution in [3.8, 4) is 0 Å². The molecule has 12 heavy (non-hydrogen) atoms. The lowest BCUT2D eigenvalue weighted by atomic mass is 10.5. The third-order valence-corrected chi connectivity index (χ3v) is 4.70. The van der Waals surface area contributed by atoms with Gasteiger partial charge in [0, 0.05) is 6.54 Å². The Morgan fingerprint density at radius 3 is 2.50 bits per heavy atom. The molecule has 0 radical (unpaired) electrons. The highest BCUT2D eigenvalue weighted by Gasteiger charge is 2.17. The Balaban J connectivity index is 3.88. The Morgan fingerprint density at radius 2 is 2.08 bits per heavy atom. The van der Waals surface area contributed by atoms with E-state index in [0.717, 1.165) is 12.2 Å². The van der Waals surface area contributed by atoms with Crippen molar-refractivity contribution in [1.29, 1.82) is 0 Å². The summed E-state index contributed by atoms with van der Waals surface area (Å²) in [5.74, 6) is 1.17. The minimum atomic E-state index is -2.92. The van der Waals surface area contributed by atoms with Crippen LogP contribution in [0.1, 0.15) is 13.3 Å². The fourth-order valence-corrected chi connectivity index (χ4v) is 2.61. The van der Waals surface area contributed by atoms with Crippen LogP contribution in [0.2, 0.25) is 0 Å². The lowest BCUT2D eigenvalue weighted by Gasteiger charge is -2.09. The first kappa shape index (κ1) is 12.3. The van der Waals surface area contributed by atoms with Crippen molar-refractivity contribution in [1.82, 2.24) is 0 Å². The lowest BCUT2D eigenvalue weighted by molar-refractivity contribution is 0.583. The largest absolute Gasteiger partial charge is 0.329 e. The molecule has 0 spiro atoms. The zero-order valence-electron chi connectivity index (χ0n) is 7.62. The minimum Gasteiger partial charge on any atom is -0.329 e.